The maximum absolute atomic E-state index is 14.0. The molecule has 0 radical (unpaired) electrons. The number of carboxylic acids is 1. The molecule has 2 aromatic rings. The van der Waals surface area contributed by atoms with E-state index in [1.165, 1.54) is 0 Å². The molecule has 15 nitrogen and oxygen atoms in total. The van der Waals surface area contributed by atoms with E-state index in [0.29, 0.717) is 70.9 Å². The standard InChI is InChI=1S/C49H77N7O8.C2H6.CH4/c1-32(2)25-39(52)43(57)29-37(20-14-23-51)47(61)55-41(49(63)64)21-11-12-24-54-46(60)36(19-13-22-50)30-45(59)42(26-33(3)4)56-48(62)38(27-34-15-7-5-8-16-34)31-44(58)40(53)28-35-17-9-6-10-18-35;1-2;/h5-10,15-18,32-33,36-42H,11-14,19-31,50-53H2,1-4H3,(H,54,60)(H,55,61)(H,56,62)(H,63,64);1-2H3;1H4/t36-,37-,38-,39+,40+,41?,42+;;/m0../s1. The van der Waals surface area contributed by atoms with Gasteiger partial charge in [0.25, 0.3) is 0 Å². The van der Waals surface area contributed by atoms with Gasteiger partial charge in [-0.25, -0.2) is 4.79 Å². The predicted octanol–water partition coefficient (Wildman–Crippen LogP) is 5.43. The van der Waals surface area contributed by atoms with Crippen LogP contribution in [-0.2, 0) is 46.4 Å². The van der Waals surface area contributed by atoms with E-state index in [1.54, 1.807) is 0 Å². The summed E-state index contributed by atoms with van der Waals surface area (Å²) in [6.45, 7) is 12.6. The third kappa shape index (κ3) is 25.8. The van der Waals surface area contributed by atoms with Crippen LogP contribution in [0, 0.1) is 29.6 Å². The maximum atomic E-state index is 14.0. The van der Waals surface area contributed by atoms with Crippen molar-refractivity contribution in [3.05, 3.63) is 71.8 Å². The van der Waals surface area contributed by atoms with Gasteiger partial charge in [0.1, 0.15) is 11.8 Å². The molecule has 2 aromatic carbocycles. The largest absolute Gasteiger partial charge is 0.480 e. The molecule has 0 saturated heterocycles. The fourth-order valence-electron chi connectivity index (χ4n) is 7.74. The zero-order valence-corrected chi connectivity index (χ0v) is 40.6. The molecule has 0 aromatic heterocycles. The number of nitrogens with one attached hydrogen (secondary N) is 3. The molecule has 67 heavy (non-hydrogen) atoms. The molecule has 1 unspecified atom stereocenters. The summed E-state index contributed by atoms with van der Waals surface area (Å²) in [4.78, 5) is 93.2. The van der Waals surface area contributed by atoms with Crippen LogP contribution in [0.25, 0.3) is 0 Å². The second-order valence-electron chi connectivity index (χ2n) is 18.1. The van der Waals surface area contributed by atoms with E-state index in [-0.39, 0.29) is 81.2 Å². The van der Waals surface area contributed by atoms with Crippen LogP contribution < -0.4 is 38.9 Å². The van der Waals surface area contributed by atoms with Crippen molar-refractivity contribution in [1.82, 2.24) is 16.0 Å². The van der Waals surface area contributed by atoms with Gasteiger partial charge in [0.05, 0.1) is 18.1 Å². The smallest absolute Gasteiger partial charge is 0.326 e. The number of hydrogen-bond acceptors (Lipinski definition) is 11. The monoisotopic (exact) mass is 938 g/mol. The van der Waals surface area contributed by atoms with Gasteiger partial charge in [-0.05, 0) is 107 Å². The molecule has 15 heteroatoms. The number of aliphatic carboxylic acids is 1. The third-order valence-electron chi connectivity index (χ3n) is 11.4. The van der Waals surface area contributed by atoms with E-state index in [0.717, 1.165) is 11.1 Å². The first-order chi connectivity index (χ1) is 31.4. The van der Waals surface area contributed by atoms with Gasteiger partial charge in [0.15, 0.2) is 11.6 Å². The second-order valence-corrected chi connectivity index (χ2v) is 18.1. The van der Waals surface area contributed by atoms with Crippen LogP contribution in [0.4, 0.5) is 0 Å². The van der Waals surface area contributed by atoms with Crippen molar-refractivity contribution in [1.29, 1.82) is 0 Å². The lowest BCUT2D eigenvalue weighted by atomic mass is 9.88. The van der Waals surface area contributed by atoms with Gasteiger partial charge in [0.2, 0.25) is 17.7 Å². The Bertz CT molecular complexity index is 1740. The summed E-state index contributed by atoms with van der Waals surface area (Å²) in [5.41, 5.74) is 25.6. The van der Waals surface area contributed by atoms with E-state index in [4.69, 9.17) is 22.9 Å². The lowest BCUT2D eigenvalue weighted by Gasteiger charge is -2.25. The average molecular weight is 938 g/mol. The third-order valence-corrected chi connectivity index (χ3v) is 11.4. The van der Waals surface area contributed by atoms with Crippen LogP contribution in [0.3, 0.4) is 0 Å². The molecule has 2 rings (SSSR count). The number of carbonyl (C=O) groups excluding carboxylic acids is 6. The van der Waals surface area contributed by atoms with E-state index in [1.807, 2.05) is 102 Å². The Balaban J connectivity index is 0.0000143. The number of amides is 3. The highest BCUT2D eigenvalue weighted by Crippen LogP contribution is 2.21. The van der Waals surface area contributed by atoms with Crippen molar-refractivity contribution >= 4 is 41.0 Å². The number of rotatable bonds is 34. The van der Waals surface area contributed by atoms with Crippen molar-refractivity contribution in [2.24, 2.45) is 52.5 Å². The summed E-state index contributed by atoms with van der Waals surface area (Å²) < 4.78 is 0. The summed E-state index contributed by atoms with van der Waals surface area (Å²) in [6.07, 6.45) is 3.50. The first-order valence-electron chi connectivity index (χ1n) is 24.1. The Labute approximate surface area is 401 Å². The summed E-state index contributed by atoms with van der Waals surface area (Å²) in [5, 5.41) is 18.3. The van der Waals surface area contributed by atoms with Crippen LogP contribution in [0.15, 0.2) is 60.7 Å². The van der Waals surface area contributed by atoms with Crippen LogP contribution in [0.1, 0.15) is 137 Å². The highest BCUT2D eigenvalue weighted by atomic mass is 16.4. The van der Waals surface area contributed by atoms with Crippen molar-refractivity contribution in [3.8, 4) is 0 Å². The Morgan fingerprint density at radius 3 is 1.49 bits per heavy atom. The lowest BCUT2D eigenvalue weighted by Crippen LogP contribution is -2.47. The first kappa shape index (κ1) is 62.2. The van der Waals surface area contributed by atoms with Gasteiger partial charge in [0, 0.05) is 43.6 Å². The van der Waals surface area contributed by atoms with Crippen molar-refractivity contribution in [3.63, 3.8) is 0 Å². The van der Waals surface area contributed by atoms with Crippen LogP contribution >= 0.6 is 0 Å². The Morgan fingerprint density at radius 2 is 0.985 bits per heavy atom. The predicted molar refractivity (Wildman–Crippen MR) is 268 cm³/mol. The number of carboxylic acid groups (broad SMARTS) is 1. The minimum atomic E-state index is -1.22. The summed E-state index contributed by atoms with van der Waals surface area (Å²) >= 11 is 0. The van der Waals surface area contributed by atoms with Gasteiger partial charge in [-0.1, -0.05) is 110 Å². The number of hydrogen-bond donors (Lipinski definition) is 8. The van der Waals surface area contributed by atoms with Crippen molar-refractivity contribution in [2.75, 3.05) is 19.6 Å². The summed E-state index contributed by atoms with van der Waals surface area (Å²) in [5.74, 6) is -5.43. The average Bonchev–Trinajstić information content (AvgIpc) is 3.28. The van der Waals surface area contributed by atoms with Gasteiger partial charge in [-0.3, -0.25) is 28.8 Å². The van der Waals surface area contributed by atoms with Crippen molar-refractivity contribution in [2.45, 2.75) is 163 Å². The topological polar surface area (TPSA) is 280 Å². The van der Waals surface area contributed by atoms with Crippen LogP contribution in [0.2, 0.25) is 0 Å². The second kappa shape index (κ2) is 35.3. The van der Waals surface area contributed by atoms with Crippen molar-refractivity contribution < 1.29 is 38.7 Å². The van der Waals surface area contributed by atoms with Gasteiger partial charge >= 0.3 is 5.97 Å². The Kier molecular flexibility index (Phi) is 32.8. The summed E-state index contributed by atoms with van der Waals surface area (Å²) in [7, 11) is 0. The van der Waals surface area contributed by atoms with E-state index >= 15 is 0 Å². The van der Waals surface area contributed by atoms with Crippen LogP contribution in [-0.4, -0.2) is 89.9 Å². The SMILES string of the molecule is C.CC.CC(C)C[C@@H](N)C(=O)C[C@H](CCCN)C(=O)NC(CCCCNC(=O)[C@@H](CCCN)CC(=O)[C@@H](CC(C)C)NC(=O)[C@H](CC(=O)[C@H](N)Cc1ccccc1)Cc1ccccc1)C(=O)O. The van der Waals surface area contributed by atoms with Crippen LogP contribution in [0.5, 0.6) is 0 Å². The number of nitrogens with two attached hydrogens (primary N) is 4. The normalized spacial score (nSPS) is 14.1. The Hall–Kier alpha value is -4.83. The zero-order chi connectivity index (χ0) is 49.6. The molecule has 0 saturated carbocycles. The van der Waals surface area contributed by atoms with E-state index < -0.39 is 59.7 Å². The van der Waals surface area contributed by atoms with E-state index in [9.17, 15) is 38.7 Å². The van der Waals surface area contributed by atoms with E-state index in [2.05, 4.69) is 16.0 Å². The van der Waals surface area contributed by atoms with Gasteiger partial charge in [-0.15, -0.1) is 0 Å². The molecule has 3 amide bonds. The molecule has 378 valence electrons. The van der Waals surface area contributed by atoms with Gasteiger partial charge in [-0.2, -0.15) is 0 Å². The fourth-order valence-corrected chi connectivity index (χ4v) is 7.74. The zero-order valence-electron chi connectivity index (χ0n) is 40.6. The Morgan fingerprint density at radius 1 is 0.537 bits per heavy atom. The number of ketones is 3. The minimum absolute atomic E-state index is 0. The molecule has 0 spiro atoms. The molecule has 0 bridgehead atoms. The molecular weight excluding hydrogens is 851 g/mol. The summed E-state index contributed by atoms with van der Waals surface area (Å²) in [6, 6.07) is 15.1. The molecule has 7 atom stereocenters. The highest BCUT2D eigenvalue weighted by Gasteiger charge is 2.32. The quantitative estimate of drug-likeness (QED) is 0.0408. The molecule has 0 fully saturated rings. The fraction of sp³-hybridized carbons (Fsp3) is 0.635. The van der Waals surface area contributed by atoms with Gasteiger partial charge < -0.3 is 44.0 Å². The number of unbranched alkanes of at least 4 members (excludes halogenated alkanes) is 1. The lowest BCUT2D eigenvalue weighted by molar-refractivity contribution is -0.143. The molecule has 0 aliphatic heterocycles. The molecule has 0 aliphatic carbocycles. The highest BCUT2D eigenvalue weighted by molar-refractivity contribution is 5.95. The first-order valence-corrected chi connectivity index (χ1v) is 24.1. The number of Topliss-reactive ketones (excluding diaryl/α,β-unsaturated/α-hetero) is 3. The molecule has 0 heterocycles. The maximum Gasteiger partial charge on any atom is 0.326 e. The number of carbonyl (C=O) groups is 7. The molecule has 0 aliphatic rings. The molecule has 12 N–H and O–H groups in total. The minimum Gasteiger partial charge on any atom is -0.480 e. The number of benzene rings is 2. The molecular formula is C52H87N7O8.